The van der Waals surface area contributed by atoms with Crippen molar-refractivity contribution >= 4 is 79.5 Å². The molecule has 4 unspecified atom stereocenters. The van der Waals surface area contributed by atoms with Gasteiger partial charge in [0.15, 0.2) is 0 Å². The van der Waals surface area contributed by atoms with E-state index in [-0.39, 0.29) is 46.2 Å². The van der Waals surface area contributed by atoms with Crippen LogP contribution in [0.2, 0.25) is 0 Å². The number of aliphatic hydroxyl groups is 1. The van der Waals surface area contributed by atoms with Gasteiger partial charge in [0.2, 0.25) is 0 Å². The van der Waals surface area contributed by atoms with Crippen LogP contribution in [0, 0.1) is 11.8 Å². The van der Waals surface area contributed by atoms with Gasteiger partial charge in [0.05, 0.1) is 12.2 Å². The summed E-state index contributed by atoms with van der Waals surface area (Å²) in [6.07, 6.45) is 24.4. The first-order valence-electron chi connectivity index (χ1n) is 26.6. The van der Waals surface area contributed by atoms with Crippen LogP contribution in [-0.2, 0) is 43.6 Å². The second-order valence-electron chi connectivity index (χ2n) is 19.3. The van der Waals surface area contributed by atoms with Crippen LogP contribution in [0.1, 0.15) is 139 Å². The number of methoxy groups -OCH3 is 1. The SMILES string of the molecule is C1CCCC1.C1CCCC1.C1CCOC1.CO[C@@H](c1ccccc1P(c1ccccc1)c1ccccc1)C1CCCC1Br.O[C@@H](c1ccccc1P(c1ccccc1)c1ccccc1)C1CCCC1Br.[Fe].[Fe]. The number of hydrogen-bond acceptors (Lipinski definition) is 3. The van der Waals surface area contributed by atoms with Crippen molar-refractivity contribution in [2.45, 2.75) is 137 Å². The molecule has 388 valence electrons. The molecular formula is C63H78Br2Fe2O3P2. The molecule has 0 aromatic heterocycles. The summed E-state index contributed by atoms with van der Waals surface area (Å²) in [4.78, 5) is 0.936. The van der Waals surface area contributed by atoms with Crippen molar-refractivity contribution in [3.63, 3.8) is 0 Å². The second-order valence-corrected chi connectivity index (χ2v) is 26.0. The summed E-state index contributed by atoms with van der Waals surface area (Å²) in [5.41, 5.74) is 2.44. The maximum absolute atomic E-state index is 11.3. The quantitative estimate of drug-likeness (QED) is 0.0798. The van der Waals surface area contributed by atoms with Crippen molar-refractivity contribution in [3.8, 4) is 0 Å². The molecule has 1 aliphatic heterocycles. The minimum atomic E-state index is -0.703. The van der Waals surface area contributed by atoms with Gasteiger partial charge in [-0.1, -0.05) is 279 Å². The van der Waals surface area contributed by atoms with E-state index in [2.05, 4.69) is 202 Å². The van der Waals surface area contributed by atoms with E-state index in [0.29, 0.717) is 15.6 Å². The van der Waals surface area contributed by atoms with Crippen LogP contribution in [0.4, 0.5) is 0 Å². The fraction of sp³-hybridized carbons (Fsp3) is 0.429. The van der Waals surface area contributed by atoms with Gasteiger partial charge in [-0.25, -0.2) is 0 Å². The van der Waals surface area contributed by atoms with Crippen LogP contribution in [0.25, 0.3) is 0 Å². The first-order chi connectivity index (χ1) is 34.5. The van der Waals surface area contributed by atoms with Crippen LogP contribution in [0.5, 0.6) is 0 Å². The minimum Gasteiger partial charge on any atom is -0.388 e. The van der Waals surface area contributed by atoms with Crippen molar-refractivity contribution in [1.29, 1.82) is 0 Å². The molecule has 0 amide bonds. The van der Waals surface area contributed by atoms with Crippen molar-refractivity contribution < 1.29 is 48.7 Å². The van der Waals surface area contributed by atoms with Crippen LogP contribution in [0.15, 0.2) is 170 Å². The van der Waals surface area contributed by atoms with E-state index >= 15 is 0 Å². The Morgan fingerprint density at radius 3 is 1.06 bits per heavy atom. The molecule has 4 aliphatic carbocycles. The average Bonchev–Trinajstić information content (AvgIpc) is 4.30. The zero-order valence-corrected chi connectivity index (χ0v) is 49.6. The summed E-state index contributed by atoms with van der Waals surface area (Å²) in [6, 6.07) is 60.7. The fourth-order valence-corrected chi connectivity index (χ4v) is 17.4. The summed E-state index contributed by atoms with van der Waals surface area (Å²) < 4.78 is 11.1. The Kier molecular flexibility index (Phi) is 29.3. The Morgan fingerprint density at radius 1 is 0.417 bits per heavy atom. The normalized spacial score (nSPS) is 20.7. The molecule has 0 radical (unpaired) electrons. The van der Waals surface area contributed by atoms with Crippen LogP contribution in [0.3, 0.4) is 0 Å². The van der Waals surface area contributed by atoms with E-state index in [1.807, 2.05) is 7.11 Å². The number of hydrogen-bond donors (Lipinski definition) is 1. The number of alkyl halides is 2. The Labute approximate surface area is 475 Å². The average molecular weight is 1220 g/mol. The number of ether oxygens (including phenoxy) is 2. The summed E-state index contributed by atoms with van der Waals surface area (Å²) in [6.45, 7) is 2.00. The summed E-state index contributed by atoms with van der Waals surface area (Å²) in [7, 11) is 0.536. The van der Waals surface area contributed by atoms with E-state index < -0.39 is 21.9 Å². The Bertz CT molecular complexity index is 2190. The first-order valence-corrected chi connectivity index (χ1v) is 31.1. The van der Waals surface area contributed by atoms with E-state index in [1.54, 1.807) is 0 Å². The summed E-state index contributed by atoms with van der Waals surface area (Å²) in [5, 5.41) is 19.4. The van der Waals surface area contributed by atoms with Crippen LogP contribution >= 0.6 is 47.7 Å². The molecular weight excluding hydrogens is 1140 g/mol. The predicted octanol–water partition coefficient (Wildman–Crippen LogP) is 15.4. The smallest absolute Gasteiger partial charge is 0.0866 e. The van der Waals surface area contributed by atoms with Gasteiger partial charge in [-0.3, -0.25) is 0 Å². The summed E-state index contributed by atoms with van der Waals surface area (Å²) in [5.74, 6) is 0.809. The Morgan fingerprint density at radius 2 is 0.736 bits per heavy atom. The van der Waals surface area contributed by atoms with Crippen LogP contribution in [-0.4, -0.2) is 35.1 Å². The molecule has 1 N–H and O–H groups in total. The molecule has 9 heteroatoms. The van der Waals surface area contributed by atoms with Crippen molar-refractivity contribution in [1.82, 2.24) is 0 Å². The summed E-state index contributed by atoms with van der Waals surface area (Å²) >= 11 is 7.72. The third-order valence-electron chi connectivity index (χ3n) is 14.4. The molecule has 3 nitrogen and oxygen atoms in total. The van der Waals surface area contributed by atoms with Gasteiger partial charge >= 0.3 is 0 Å². The molecule has 11 rings (SSSR count). The number of halogens is 2. The van der Waals surface area contributed by atoms with Crippen molar-refractivity contribution in [3.05, 3.63) is 181 Å². The van der Waals surface area contributed by atoms with Gasteiger partial charge in [-0.15, -0.1) is 0 Å². The topological polar surface area (TPSA) is 38.7 Å². The fourth-order valence-electron chi connectivity index (χ4n) is 10.7. The molecule has 72 heavy (non-hydrogen) atoms. The molecule has 5 fully saturated rings. The minimum absolute atomic E-state index is 0. The van der Waals surface area contributed by atoms with Gasteiger partial charge < -0.3 is 14.6 Å². The second kappa shape index (κ2) is 34.7. The molecule has 6 aromatic carbocycles. The van der Waals surface area contributed by atoms with E-state index in [9.17, 15) is 5.11 Å². The Balaban J connectivity index is 0.000000202. The Hall–Kier alpha value is -1.94. The van der Waals surface area contributed by atoms with Crippen molar-refractivity contribution in [2.75, 3.05) is 20.3 Å². The maximum Gasteiger partial charge on any atom is 0.0866 e. The van der Waals surface area contributed by atoms with Crippen molar-refractivity contribution in [2.24, 2.45) is 11.8 Å². The zero-order valence-electron chi connectivity index (χ0n) is 42.4. The van der Waals surface area contributed by atoms with E-state index in [4.69, 9.17) is 9.47 Å². The van der Waals surface area contributed by atoms with Gasteiger partial charge in [-0.05, 0) is 97.3 Å². The third kappa shape index (κ3) is 18.4. The first kappa shape index (κ1) is 60.9. The molecule has 1 heterocycles. The number of benzene rings is 6. The monoisotopic (exact) mass is 1210 g/mol. The molecule has 0 bridgehead atoms. The number of aliphatic hydroxyl groups excluding tert-OH is 1. The zero-order chi connectivity index (χ0) is 48.6. The predicted molar refractivity (Wildman–Crippen MR) is 311 cm³/mol. The van der Waals surface area contributed by atoms with Gasteiger partial charge in [0, 0.05) is 76.0 Å². The molecule has 5 aliphatic rings. The standard InChI is InChI=1S/C25H26BrOP.C24H24BrOP.2C5H10.C4H8O.2Fe/c1-27-25(21-16-10-17-23(21)26)22-15-8-9-18-24(22)28(19-11-4-2-5-12-19)20-13-6-3-7-14-20;25-22-16-9-15-20(22)24(26)21-14-7-8-17-23(21)27(18-10-3-1-4-11-18)19-12-5-2-6-13-19;3*1-2-4-5-3-1;;/h2-9,11-15,18,21,23,25H,10,16-17H2,1H3;1-8,10-14,17,20,22,24,26H,9,15-16H2;2*1-5H2;1-4H2;;/t21?,23?,25-;20?,22?,24-;;;;;/m11...../s1. The molecule has 6 atom stereocenters. The third-order valence-corrected chi connectivity index (χ3v) is 21.7. The number of rotatable bonds is 11. The van der Waals surface area contributed by atoms with Crippen LogP contribution < -0.4 is 31.8 Å². The van der Waals surface area contributed by atoms with E-state index in [1.165, 1.54) is 140 Å². The molecule has 0 spiro atoms. The molecule has 6 aromatic rings. The van der Waals surface area contributed by atoms with Gasteiger partial charge in [0.25, 0.3) is 0 Å². The largest absolute Gasteiger partial charge is 0.388 e. The van der Waals surface area contributed by atoms with Gasteiger partial charge in [-0.2, -0.15) is 0 Å². The maximum atomic E-state index is 11.3. The molecule has 4 saturated carbocycles. The van der Waals surface area contributed by atoms with E-state index in [0.717, 1.165) is 31.6 Å². The van der Waals surface area contributed by atoms with Gasteiger partial charge in [0.1, 0.15) is 0 Å². The molecule has 1 saturated heterocycles.